The number of rotatable bonds is 7. The third-order valence-corrected chi connectivity index (χ3v) is 4.77. The maximum Gasteiger partial charge on any atom is 0.119 e. The van der Waals surface area contributed by atoms with Crippen LogP contribution >= 0.6 is 0 Å². The van der Waals surface area contributed by atoms with E-state index in [1.165, 1.54) is 12.0 Å². The lowest BCUT2D eigenvalue weighted by Crippen LogP contribution is -2.48. The van der Waals surface area contributed by atoms with Crippen molar-refractivity contribution in [3.05, 3.63) is 29.8 Å². The third-order valence-electron chi connectivity index (χ3n) is 4.77. The number of hydrogen-bond donors (Lipinski definition) is 0. The largest absolute Gasteiger partial charge is 0.492 e. The van der Waals surface area contributed by atoms with E-state index in [0.717, 1.165) is 51.2 Å². The molecule has 4 nitrogen and oxygen atoms in total. The number of hydrogen-bond acceptors (Lipinski definition) is 4. The predicted octanol–water partition coefficient (Wildman–Crippen LogP) is 3.56. The smallest absolute Gasteiger partial charge is 0.119 e. The van der Waals surface area contributed by atoms with Crippen molar-refractivity contribution in [2.24, 2.45) is 5.92 Å². The first kappa shape index (κ1) is 19.2. The van der Waals surface area contributed by atoms with Gasteiger partial charge in [-0.1, -0.05) is 32.9 Å². The second-order valence-electron chi connectivity index (χ2n) is 7.06. The summed E-state index contributed by atoms with van der Waals surface area (Å²) in [6, 6.07) is 8.95. The van der Waals surface area contributed by atoms with Gasteiger partial charge in [-0.15, -0.1) is 0 Å². The summed E-state index contributed by atoms with van der Waals surface area (Å²) in [5.74, 6) is 2.41. The van der Waals surface area contributed by atoms with Gasteiger partial charge in [-0.3, -0.25) is 4.90 Å². The molecule has 0 bridgehead atoms. The van der Waals surface area contributed by atoms with Crippen LogP contribution in [0, 0.1) is 5.92 Å². The van der Waals surface area contributed by atoms with Crippen LogP contribution in [0.25, 0.3) is 0 Å². The van der Waals surface area contributed by atoms with Gasteiger partial charge in [-0.05, 0) is 37.1 Å². The molecule has 2 aliphatic rings. The van der Waals surface area contributed by atoms with Crippen LogP contribution in [0.4, 0.5) is 0 Å². The van der Waals surface area contributed by atoms with Crippen LogP contribution in [0.15, 0.2) is 24.3 Å². The SMILES string of the molecule is CC(C)c1cccc(OCCN(C)C2COC2)c1.CCC1COC1. The molecule has 4 heteroatoms. The van der Waals surface area contributed by atoms with Crippen LogP contribution in [0.5, 0.6) is 5.75 Å². The Hall–Kier alpha value is -1.10. The lowest BCUT2D eigenvalue weighted by atomic mass is 10.0. The van der Waals surface area contributed by atoms with Crippen LogP contribution in [0.3, 0.4) is 0 Å². The summed E-state index contributed by atoms with van der Waals surface area (Å²) < 4.78 is 15.9. The maximum absolute atomic E-state index is 5.80. The quantitative estimate of drug-likeness (QED) is 0.762. The van der Waals surface area contributed by atoms with Gasteiger partial charge in [0.1, 0.15) is 12.4 Å². The van der Waals surface area contributed by atoms with Crippen molar-refractivity contribution in [2.45, 2.75) is 39.2 Å². The van der Waals surface area contributed by atoms with Crippen LogP contribution in [0.1, 0.15) is 38.7 Å². The molecule has 24 heavy (non-hydrogen) atoms. The van der Waals surface area contributed by atoms with Crippen molar-refractivity contribution in [3.8, 4) is 5.75 Å². The summed E-state index contributed by atoms with van der Waals surface area (Å²) in [5.41, 5.74) is 1.33. The topological polar surface area (TPSA) is 30.9 Å². The predicted molar refractivity (Wildman–Crippen MR) is 97.9 cm³/mol. The first-order valence-corrected chi connectivity index (χ1v) is 9.18. The molecule has 136 valence electrons. The Bertz CT molecular complexity index is 467. The van der Waals surface area contributed by atoms with Gasteiger partial charge in [-0.25, -0.2) is 0 Å². The summed E-state index contributed by atoms with van der Waals surface area (Å²) in [7, 11) is 2.13. The van der Waals surface area contributed by atoms with Crippen molar-refractivity contribution in [3.63, 3.8) is 0 Å². The minimum Gasteiger partial charge on any atom is -0.492 e. The van der Waals surface area contributed by atoms with Gasteiger partial charge < -0.3 is 14.2 Å². The zero-order valence-corrected chi connectivity index (χ0v) is 15.7. The van der Waals surface area contributed by atoms with E-state index in [-0.39, 0.29) is 0 Å². The van der Waals surface area contributed by atoms with E-state index in [1.807, 2.05) is 6.07 Å². The molecule has 2 fully saturated rings. The fraction of sp³-hybridized carbons (Fsp3) is 0.700. The van der Waals surface area contributed by atoms with E-state index >= 15 is 0 Å². The second kappa shape index (κ2) is 10.0. The molecule has 1 aromatic rings. The first-order chi connectivity index (χ1) is 11.6. The summed E-state index contributed by atoms with van der Waals surface area (Å²) in [4.78, 5) is 2.30. The van der Waals surface area contributed by atoms with Gasteiger partial charge in [0.25, 0.3) is 0 Å². The molecule has 0 radical (unpaired) electrons. The Morgan fingerprint density at radius 3 is 2.33 bits per heavy atom. The molecule has 0 spiro atoms. The highest BCUT2D eigenvalue weighted by Gasteiger charge is 2.22. The molecule has 1 aromatic carbocycles. The zero-order chi connectivity index (χ0) is 17.4. The van der Waals surface area contributed by atoms with E-state index in [1.54, 1.807) is 0 Å². The van der Waals surface area contributed by atoms with Gasteiger partial charge in [0.05, 0.1) is 32.5 Å². The molecular weight excluding hydrogens is 302 g/mol. The van der Waals surface area contributed by atoms with Crippen LogP contribution in [-0.2, 0) is 9.47 Å². The van der Waals surface area contributed by atoms with Crippen molar-refractivity contribution < 1.29 is 14.2 Å². The number of likely N-dealkylation sites (N-methyl/N-ethyl adjacent to an activating group) is 1. The Labute approximate surface area is 147 Å². The van der Waals surface area contributed by atoms with Gasteiger partial charge in [-0.2, -0.15) is 0 Å². The molecular formula is C20H33NO3. The average Bonchev–Trinajstić information content (AvgIpc) is 2.45. The highest BCUT2D eigenvalue weighted by molar-refractivity contribution is 5.30. The lowest BCUT2D eigenvalue weighted by Gasteiger charge is -2.34. The van der Waals surface area contributed by atoms with Gasteiger partial charge in [0.15, 0.2) is 0 Å². The van der Waals surface area contributed by atoms with Crippen molar-refractivity contribution in [2.75, 3.05) is 46.6 Å². The van der Waals surface area contributed by atoms with E-state index in [2.05, 4.69) is 50.9 Å². The molecule has 3 rings (SSSR count). The Morgan fingerprint density at radius 1 is 1.17 bits per heavy atom. The van der Waals surface area contributed by atoms with Gasteiger partial charge >= 0.3 is 0 Å². The molecule has 0 aromatic heterocycles. The highest BCUT2D eigenvalue weighted by atomic mass is 16.5. The van der Waals surface area contributed by atoms with Crippen LogP contribution < -0.4 is 4.74 Å². The minimum absolute atomic E-state index is 0.545. The molecule has 0 amide bonds. The first-order valence-electron chi connectivity index (χ1n) is 9.18. The van der Waals surface area contributed by atoms with Crippen LogP contribution in [-0.4, -0.2) is 57.6 Å². The van der Waals surface area contributed by atoms with Crippen molar-refractivity contribution in [1.29, 1.82) is 0 Å². The normalized spacial score (nSPS) is 17.9. The van der Waals surface area contributed by atoms with Crippen molar-refractivity contribution >= 4 is 0 Å². The van der Waals surface area contributed by atoms with E-state index in [9.17, 15) is 0 Å². The lowest BCUT2D eigenvalue weighted by molar-refractivity contribution is -0.0582. The van der Waals surface area contributed by atoms with E-state index in [4.69, 9.17) is 14.2 Å². The summed E-state index contributed by atoms with van der Waals surface area (Å²) in [6.45, 7) is 12.0. The molecule has 0 saturated carbocycles. The number of nitrogens with zero attached hydrogens (tertiary/aromatic N) is 1. The van der Waals surface area contributed by atoms with Crippen LogP contribution in [0.2, 0.25) is 0 Å². The molecule has 2 heterocycles. The molecule has 2 saturated heterocycles. The fourth-order valence-electron chi connectivity index (χ4n) is 2.45. The van der Waals surface area contributed by atoms with Crippen molar-refractivity contribution in [1.82, 2.24) is 4.90 Å². The Balaban J connectivity index is 0.000000292. The highest BCUT2D eigenvalue weighted by Crippen LogP contribution is 2.20. The zero-order valence-electron chi connectivity index (χ0n) is 15.7. The molecule has 2 aliphatic heterocycles. The Kier molecular flexibility index (Phi) is 8.03. The summed E-state index contributed by atoms with van der Waals surface area (Å²) in [5, 5.41) is 0. The monoisotopic (exact) mass is 335 g/mol. The van der Waals surface area contributed by atoms with E-state index in [0.29, 0.717) is 12.0 Å². The second-order valence-corrected chi connectivity index (χ2v) is 7.06. The third kappa shape index (κ3) is 6.08. The molecule has 0 aliphatic carbocycles. The number of ether oxygens (including phenoxy) is 3. The minimum atomic E-state index is 0.545. The average molecular weight is 335 g/mol. The fourth-order valence-corrected chi connectivity index (χ4v) is 2.45. The van der Waals surface area contributed by atoms with E-state index < -0.39 is 0 Å². The standard InChI is InChI=1S/C15H23NO2.C5H10O/c1-12(2)13-5-4-6-15(9-13)18-8-7-16(3)14-10-17-11-14;1-2-5-3-6-4-5/h4-6,9,12,14H,7-8,10-11H2,1-3H3;5H,2-4H2,1H3. The summed E-state index contributed by atoms with van der Waals surface area (Å²) >= 11 is 0. The molecule has 0 atom stereocenters. The maximum atomic E-state index is 5.80. The molecule has 0 N–H and O–H groups in total. The molecule has 0 unspecified atom stereocenters. The number of benzene rings is 1. The van der Waals surface area contributed by atoms with Gasteiger partial charge in [0.2, 0.25) is 0 Å². The Morgan fingerprint density at radius 2 is 1.88 bits per heavy atom. The summed E-state index contributed by atoms with van der Waals surface area (Å²) in [6.07, 6.45) is 1.29. The van der Waals surface area contributed by atoms with Gasteiger partial charge in [0, 0.05) is 12.5 Å².